The number of aliphatic imine (C=N–C) groups is 1. The van der Waals surface area contributed by atoms with Crippen molar-refractivity contribution < 1.29 is 22.0 Å². The van der Waals surface area contributed by atoms with Gasteiger partial charge in [0.05, 0.1) is 0 Å². The monoisotopic (exact) mass is 519 g/mol. The Bertz CT molecular complexity index is 1350. The molecular formula is C27H26F5N3S. The van der Waals surface area contributed by atoms with E-state index in [1.165, 1.54) is 19.1 Å². The van der Waals surface area contributed by atoms with E-state index >= 15 is 0 Å². The van der Waals surface area contributed by atoms with Crippen molar-refractivity contribution in [2.45, 2.75) is 44.7 Å². The van der Waals surface area contributed by atoms with E-state index in [9.17, 15) is 22.0 Å². The molecule has 1 aromatic heterocycles. The van der Waals surface area contributed by atoms with E-state index in [0.717, 1.165) is 40.3 Å². The lowest BCUT2D eigenvalue weighted by Crippen LogP contribution is -2.22. The summed E-state index contributed by atoms with van der Waals surface area (Å²) in [6.07, 6.45) is -3.40. The van der Waals surface area contributed by atoms with Crippen molar-refractivity contribution >= 4 is 29.4 Å². The fourth-order valence-corrected chi connectivity index (χ4v) is 5.02. The van der Waals surface area contributed by atoms with E-state index in [4.69, 9.17) is 0 Å². The number of halogens is 5. The number of aromatic nitrogens is 2. The van der Waals surface area contributed by atoms with Crippen LogP contribution in [-0.2, 0) is 13.0 Å². The van der Waals surface area contributed by atoms with Gasteiger partial charge in [0.15, 0.2) is 5.82 Å². The largest absolute Gasteiger partial charge is 0.413 e. The Hall–Kier alpha value is -2.94. The summed E-state index contributed by atoms with van der Waals surface area (Å²) < 4.78 is 70.1. The second-order valence-corrected chi connectivity index (χ2v) is 10.2. The summed E-state index contributed by atoms with van der Waals surface area (Å²) in [6.45, 7) is 5.95. The molecule has 0 aliphatic carbocycles. The predicted molar refractivity (Wildman–Crippen MR) is 136 cm³/mol. The van der Waals surface area contributed by atoms with Gasteiger partial charge in [0, 0.05) is 47.2 Å². The summed E-state index contributed by atoms with van der Waals surface area (Å²) in [5, 5.41) is 0. The molecule has 0 bridgehead atoms. The van der Waals surface area contributed by atoms with Gasteiger partial charge >= 0.3 is 6.18 Å². The molecule has 190 valence electrons. The number of hydrogen-bond donors (Lipinski definition) is 0. The normalized spacial score (nSPS) is 16.3. The van der Waals surface area contributed by atoms with Crippen LogP contribution in [0.3, 0.4) is 0 Å². The van der Waals surface area contributed by atoms with Crippen molar-refractivity contribution in [2.75, 3.05) is 5.75 Å². The van der Waals surface area contributed by atoms with E-state index in [-0.39, 0.29) is 11.3 Å². The predicted octanol–water partition coefficient (Wildman–Crippen LogP) is 8.67. The van der Waals surface area contributed by atoms with Crippen molar-refractivity contribution in [3.63, 3.8) is 0 Å². The van der Waals surface area contributed by atoms with Gasteiger partial charge in [0.1, 0.15) is 11.5 Å². The van der Waals surface area contributed by atoms with E-state index in [1.54, 1.807) is 42.4 Å². The van der Waals surface area contributed by atoms with Crippen molar-refractivity contribution in [1.82, 2.24) is 9.55 Å². The van der Waals surface area contributed by atoms with Crippen LogP contribution in [0, 0.1) is 5.92 Å². The quantitative estimate of drug-likeness (QED) is 0.249. The van der Waals surface area contributed by atoms with Gasteiger partial charge in [-0.2, -0.15) is 13.2 Å². The number of hydrogen-bond acceptors (Lipinski definition) is 3. The van der Waals surface area contributed by atoms with Gasteiger partial charge in [-0.15, -0.1) is 11.8 Å². The fourth-order valence-electron chi connectivity index (χ4n) is 4.19. The number of imidazole rings is 1. The first kappa shape index (κ1) is 26.1. The van der Waals surface area contributed by atoms with Gasteiger partial charge in [-0.05, 0) is 42.0 Å². The molecule has 1 aliphatic heterocycles. The summed E-state index contributed by atoms with van der Waals surface area (Å²) in [4.78, 5) is 9.96. The van der Waals surface area contributed by atoms with Crippen molar-refractivity contribution in [3.05, 3.63) is 59.3 Å². The van der Waals surface area contributed by atoms with Gasteiger partial charge in [0.2, 0.25) is 0 Å². The summed E-state index contributed by atoms with van der Waals surface area (Å²) in [6, 6.07) is 11.8. The zero-order valence-corrected chi connectivity index (χ0v) is 21.4. The highest BCUT2D eigenvalue weighted by Crippen LogP contribution is 2.41. The molecule has 3 aromatic rings. The molecule has 1 unspecified atom stereocenters. The van der Waals surface area contributed by atoms with Crippen LogP contribution < -0.4 is 0 Å². The van der Waals surface area contributed by atoms with Crippen LogP contribution in [0.2, 0.25) is 0 Å². The van der Waals surface area contributed by atoms with Gasteiger partial charge in [0.25, 0.3) is 5.92 Å². The lowest BCUT2D eigenvalue weighted by molar-refractivity contribution is -0.0949. The zero-order chi connectivity index (χ0) is 26.4. The number of allylic oxidation sites excluding steroid dienone is 1. The summed E-state index contributed by atoms with van der Waals surface area (Å²) in [5.41, 5.74) is 2.21. The third kappa shape index (κ3) is 4.98. The van der Waals surface area contributed by atoms with Gasteiger partial charge in [-0.1, -0.05) is 44.2 Å². The molecule has 0 spiro atoms. The second-order valence-electron chi connectivity index (χ2n) is 8.89. The molecule has 0 amide bonds. The number of rotatable bonds is 5. The molecule has 36 heavy (non-hydrogen) atoms. The smallest absolute Gasteiger partial charge is 0.312 e. The molecule has 1 aliphatic rings. The molecule has 0 radical (unpaired) electrons. The number of alkyl halides is 5. The molecule has 0 fully saturated rings. The van der Waals surface area contributed by atoms with Gasteiger partial charge in [-0.3, -0.25) is 0 Å². The SMILES string of the molecule is CCSc1cc(-c2ccc(C(C)(F)F)cc2)ccc1-c1nc2c(n1C)N=C(C)C(C)C(C(F)(F)F)=C2. The Kier molecular flexibility index (Phi) is 6.90. The Morgan fingerprint density at radius 3 is 2.22 bits per heavy atom. The topological polar surface area (TPSA) is 30.2 Å². The van der Waals surface area contributed by atoms with Crippen LogP contribution >= 0.6 is 11.8 Å². The molecule has 9 heteroatoms. The van der Waals surface area contributed by atoms with Crippen molar-refractivity contribution in [2.24, 2.45) is 18.0 Å². The van der Waals surface area contributed by atoms with Gasteiger partial charge < -0.3 is 4.57 Å². The molecule has 3 nitrogen and oxygen atoms in total. The summed E-state index contributed by atoms with van der Waals surface area (Å²) >= 11 is 1.57. The Balaban J connectivity index is 1.81. The lowest BCUT2D eigenvalue weighted by atomic mass is 9.96. The van der Waals surface area contributed by atoms with E-state index in [2.05, 4.69) is 9.98 Å². The third-order valence-corrected chi connectivity index (χ3v) is 7.27. The first-order valence-corrected chi connectivity index (χ1v) is 12.5. The van der Waals surface area contributed by atoms with Crippen LogP contribution in [0.25, 0.3) is 28.6 Å². The number of nitrogens with zero attached hydrogens (tertiary/aromatic N) is 3. The van der Waals surface area contributed by atoms with Crippen LogP contribution in [0.1, 0.15) is 39.0 Å². The first-order valence-electron chi connectivity index (χ1n) is 11.5. The van der Waals surface area contributed by atoms with E-state index < -0.39 is 23.6 Å². The van der Waals surface area contributed by atoms with Crippen molar-refractivity contribution in [3.8, 4) is 22.5 Å². The van der Waals surface area contributed by atoms with Crippen molar-refractivity contribution in [1.29, 1.82) is 0 Å². The molecule has 4 rings (SSSR count). The maximum Gasteiger partial charge on any atom is 0.413 e. The van der Waals surface area contributed by atoms with Crippen LogP contribution in [0.5, 0.6) is 0 Å². The average Bonchev–Trinajstić information content (AvgIpc) is 3.03. The summed E-state index contributed by atoms with van der Waals surface area (Å²) in [7, 11) is 1.74. The standard InChI is InChI=1S/C27H26F5N3S/c1-6-36-23-13-18(17-7-10-19(11-8-17)26(4,28)29)9-12-20(23)24-34-22-14-21(27(30,31)32)15(2)16(3)33-25(22)35(24)5/h7-15H,6H2,1-5H3. The Labute approximate surface area is 211 Å². The number of fused-ring (bicyclic) bond motifs is 1. The molecular weight excluding hydrogens is 493 g/mol. The molecule has 0 N–H and O–H groups in total. The highest BCUT2D eigenvalue weighted by Gasteiger charge is 2.39. The van der Waals surface area contributed by atoms with Gasteiger partial charge in [-0.25, -0.2) is 18.8 Å². The lowest BCUT2D eigenvalue weighted by Gasteiger charge is -2.17. The van der Waals surface area contributed by atoms with Crippen LogP contribution in [0.15, 0.2) is 57.9 Å². The van der Waals surface area contributed by atoms with Crippen LogP contribution in [-0.4, -0.2) is 27.2 Å². The Morgan fingerprint density at radius 1 is 1.00 bits per heavy atom. The molecule has 0 saturated carbocycles. The maximum absolute atomic E-state index is 13.7. The molecule has 2 aromatic carbocycles. The number of benzene rings is 2. The minimum absolute atomic E-state index is 0.0583. The van der Waals surface area contributed by atoms with Crippen LogP contribution in [0.4, 0.5) is 27.8 Å². The molecule has 2 heterocycles. The van der Waals surface area contributed by atoms with E-state index in [0.29, 0.717) is 17.4 Å². The maximum atomic E-state index is 13.7. The fraction of sp³-hybridized carbons (Fsp3) is 0.333. The highest BCUT2D eigenvalue weighted by atomic mass is 32.2. The molecule has 1 atom stereocenters. The zero-order valence-electron chi connectivity index (χ0n) is 20.5. The third-order valence-electron chi connectivity index (χ3n) is 6.33. The molecule has 0 saturated heterocycles. The minimum atomic E-state index is -4.49. The minimum Gasteiger partial charge on any atom is -0.312 e. The summed E-state index contributed by atoms with van der Waals surface area (Å²) in [5.74, 6) is -2.14. The average molecular weight is 520 g/mol. The highest BCUT2D eigenvalue weighted by molar-refractivity contribution is 7.99. The van der Waals surface area contributed by atoms with E-state index in [1.807, 2.05) is 25.1 Å². The second kappa shape index (κ2) is 9.50. The first-order chi connectivity index (χ1) is 16.8. The Morgan fingerprint density at radius 2 is 1.64 bits per heavy atom. The number of thioether (sulfide) groups is 1.